The zero-order valence-electron chi connectivity index (χ0n) is 7.83. The summed E-state index contributed by atoms with van der Waals surface area (Å²) in [5.74, 6) is 0.374. The van der Waals surface area contributed by atoms with Gasteiger partial charge >= 0.3 is 0 Å². The van der Waals surface area contributed by atoms with Crippen molar-refractivity contribution in [2.75, 3.05) is 5.73 Å². The zero-order chi connectivity index (χ0) is 10.7. The first-order chi connectivity index (χ1) is 7.28. The molecule has 2 N–H and O–H groups in total. The summed E-state index contributed by atoms with van der Waals surface area (Å²) in [5, 5.41) is 16.1. The number of hydrogen-bond acceptors (Lipinski definition) is 5. The molecule has 6 heteroatoms. The fraction of sp³-hybridized carbons (Fsp3) is 0.111. The Bertz CT molecular complexity index is 509. The molecule has 2 aromatic rings. The van der Waals surface area contributed by atoms with Gasteiger partial charge in [-0.1, -0.05) is 5.21 Å². The van der Waals surface area contributed by atoms with Crippen LogP contribution in [0.2, 0.25) is 0 Å². The monoisotopic (exact) mass is 200 g/mol. The molecule has 2 aromatic heterocycles. The van der Waals surface area contributed by atoms with E-state index in [0.717, 1.165) is 5.56 Å². The number of nitrogens with two attached hydrogens (primary N) is 1. The van der Waals surface area contributed by atoms with Gasteiger partial charge in [-0.15, -0.1) is 5.10 Å². The maximum Gasteiger partial charge on any atom is 0.165 e. The minimum atomic E-state index is 0.374. The predicted molar refractivity (Wildman–Crippen MR) is 52.5 cm³/mol. The molecule has 0 fully saturated rings. The molecule has 0 unspecified atom stereocenters. The van der Waals surface area contributed by atoms with E-state index in [1.807, 2.05) is 6.07 Å². The van der Waals surface area contributed by atoms with Gasteiger partial charge in [0.1, 0.15) is 6.07 Å². The molecule has 0 saturated carbocycles. The standard InChI is InChI=1S/C9H8N6/c10-2-7-1-8(4-12-3-7)5-15-6-9(11)13-14-15/h1,3-4,6H,5,11H2. The fourth-order valence-corrected chi connectivity index (χ4v) is 1.21. The summed E-state index contributed by atoms with van der Waals surface area (Å²) < 4.78 is 1.59. The molecule has 0 aliphatic heterocycles. The first kappa shape index (κ1) is 9.15. The molecule has 2 heterocycles. The second kappa shape index (κ2) is 3.75. The van der Waals surface area contributed by atoms with Gasteiger partial charge in [-0.05, 0) is 11.6 Å². The Balaban J connectivity index is 2.21. The highest BCUT2D eigenvalue weighted by atomic mass is 15.4. The number of nitrogens with zero attached hydrogens (tertiary/aromatic N) is 5. The summed E-state index contributed by atoms with van der Waals surface area (Å²) in [6.07, 6.45) is 4.82. The molecule has 0 aliphatic carbocycles. The molecule has 0 radical (unpaired) electrons. The van der Waals surface area contributed by atoms with E-state index in [1.165, 1.54) is 6.20 Å². The van der Waals surface area contributed by atoms with Crippen LogP contribution in [0.25, 0.3) is 0 Å². The van der Waals surface area contributed by atoms with Crippen LogP contribution in [0.4, 0.5) is 5.82 Å². The zero-order valence-corrected chi connectivity index (χ0v) is 7.83. The Morgan fingerprint density at radius 2 is 2.33 bits per heavy atom. The number of rotatable bonds is 2. The third-order valence-corrected chi connectivity index (χ3v) is 1.82. The summed E-state index contributed by atoms with van der Waals surface area (Å²) in [6.45, 7) is 0.507. The number of pyridine rings is 1. The summed E-state index contributed by atoms with van der Waals surface area (Å²) in [6, 6.07) is 3.78. The molecule has 0 bridgehead atoms. The lowest BCUT2D eigenvalue weighted by Crippen LogP contribution is -2.01. The molecule has 0 aliphatic rings. The van der Waals surface area contributed by atoms with Crippen LogP contribution < -0.4 is 5.73 Å². The second-order valence-electron chi connectivity index (χ2n) is 3.03. The van der Waals surface area contributed by atoms with Crippen LogP contribution in [0.5, 0.6) is 0 Å². The topological polar surface area (TPSA) is 93.4 Å². The van der Waals surface area contributed by atoms with E-state index in [-0.39, 0.29) is 0 Å². The van der Waals surface area contributed by atoms with Crippen LogP contribution in [0, 0.1) is 11.3 Å². The van der Waals surface area contributed by atoms with Crippen LogP contribution in [0.15, 0.2) is 24.7 Å². The molecule has 2 rings (SSSR count). The van der Waals surface area contributed by atoms with Crippen molar-refractivity contribution in [2.45, 2.75) is 6.54 Å². The second-order valence-corrected chi connectivity index (χ2v) is 3.03. The Hall–Kier alpha value is -2.42. The third-order valence-electron chi connectivity index (χ3n) is 1.82. The maximum absolute atomic E-state index is 8.69. The fourth-order valence-electron chi connectivity index (χ4n) is 1.21. The van der Waals surface area contributed by atoms with E-state index in [2.05, 4.69) is 15.3 Å². The van der Waals surface area contributed by atoms with Gasteiger partial charge in [0.05, 0.1) is 18.3 Å². The van der Waals surface area contributed by atoms with Gasteiger partial charge in [0.15, 0.2) is 5.82 Å². The molecular weight excluding hydrogens is 192 g/mol. The number of aromatic nitrogens is 4. The normalized spacial score (nSPS) is 9.80. The maximum atomic E-state index is 8.69. The summed E-state index contributed by atoms with van der Waals surface area (Å²) in [4.78, 5) is 3.94. The molecule has 0 spiro atoms. The van der Waals surface area contributed by atoms with Gasteiger partial charge in [-0.25, -0.2) is 4.68 Å². The van der Waals surface area contributed by atoms with Crippen LogP contribution in [-0.4, -0.2) is 20.0 Å². The van der Waals surface area contributed by atoms with E-state index in [9.17, 15) is 0 Å². The summed E-state index contributed by atoms with van der Waals surface area (Å²) in [7, 11) is 0. The summed E-state index contributed by atoms with van der Waals surface area (Å²) in [5.41, 5.74) is 6.84. The van der Waals surface area contributed by atoms with E-state index in [1.54, 1.807) is 23.1 Å². The van der Waals surface area contributed by atoms with E-state index in [4.69, 9.17) is 11.0 Å². The molecular formula is C9H8N6. The van der Waals surface area contributed by atoms with Crippen molar-refractivity contribution in [3.05, 3.63) is 35.8 Å². The number of nitrogen functional groups attached to an aromatic ring is 1. The van der Waals surface area contributed by atoms with Crippen molar-refractivity contribution in [1.29, 1.82) is 5.26 Å². The lowest BCUT2D eigenvalue weighted by atomic mass is 10.2. The van der Waals surface area contributed by atoms with Crippen molar-refractivity contribution < 1.29 is 0 Å². The Morgan fingerprint density at radius 3 is 3.00 bits per heavy atom. The van der Waals surface area contributed by atoms with Gasteiger partial charge in [-0.2, -0.15) is 5.26 Å². The highest BCUT2D eigenvalue weighted by Crippen LogP contribution is 2.04. The van der Waals surface area contributed by atoms with Crippen molar-refractivity contribution in [2.24, 2.45) is 0 Å². The third kappa shape index (κ3) is 2.08. The van der Waals surface area contributed by atoms with Crippen molar-refractivity contribution in [1.82, 2.24) is 20.0 Å². The first-order valence-corrected chi connectivity index (χ1v) is 4.27. The first-order valence-electron chi connectivity index (χ1n) is 4.27. The lowest BCUT2D eigenvalue weighted by molar-refractivity contribution is 0.648. The number of hydrogen-bond donors (Lipinski definition) is 1. The van der Waals surface area contributed by atoms with E-state index in [0.29, 0.717) is 17.9 Å². The van der Waals surface area contributed by atoms with Crippen LogP contribution in [0.1, 0.15) is 11.1 Å². The predicted octanol–water partition coefficient (Wildman–Crippen LogP) is 0.175. The minimum absolute atomic E-state index is 0.374. The minimum Gasteiger partial charge on any atom is -0.381 e. The molecule has 0 amide bonds. The Kier molecular flexibility index (Phi) is 2.29. The Labute approximate surface area is 86.0 Å². The molecule has 15 heavy (non-hydrogen) atoms. The number of nitriles is 1. The largest absolute Gasteiger partial charge is 0.381 e. The smallest absolute Gasteiger partial charge is 0.165 e. The van der Waals surface area contributed by atoms with Crippen LogP contribution in [0.3, 0.4) is 0 Å². The van der Waals surface area contributed by atoms with Gasteiger partial charge in [0.25, 0.3) is 0 Å². The van der Waals surface area contributed by atoms with Gasteiger partial charge < -0.3 is 5.73 Å². The number of anilines is 1. The molecule has 74 valence electrons. The average Bonchev–Trinajstić information content (AvgIpc) is 2.64. The van der Waals surface area contributed by atoms with Crippen LogP contribution in [-0.2, 0) is 6.54 Å². The lowest BCUT2D eigenvalue weighted by Gasteiger charge is -1.99. The average molecular weight is 200 g/mol. The van der Waals surface area contributed by atoms with Crippen molar-refractivity contribution in [3.8, 4) is 6.07 Å². The van der Waals surface area contributed by atoms with Crippen LogP contribution >= 0.6 is 0 Å². The highest BCUT2D eigenvalue weighted by Gasteiger charge is 2.00. The highest BCUT2D eigenvalue weighted by molar-refractivity contribution is 5.29. The summed E-state index contributed by atoms with van der Waals surface area (Å²) >= 11 is 0. The van der Waals surface area contributed by atoms with E-state index < -0.39 is 0 Å². The van der Waals surface area contributed by atoms with Gasteiger partial charge in [-0.3, -0.25) is 4.98 Å². The van der Waals surface area contributed by atoms with Crippen molar-refractivity contribution in [3.63, 3.8) is 0 Å². The van der Waals surface area contributed by atoms with Gasteiger partial charge in [0.2, 0.25) is 0 Å². The molecule has 0 aromatic carbocycles. The molecule has 6 nitrogen and oxygen atoms in total. The molecule has 0 atom stereocenters. The van der Waals surface area contributed by atoms with Crippen molar-refractivity contribution >= 4 is 5.82 Å². The molecule has 0 saturated heterocycles. The quantitative estimate of drug-likeness (QED) is 0.746. The van der Waals surface area contributed by atoms with E-state index >= 15 is 0 Å². The Morgan fingerprint density at radius 1 is 1.47 bits per heavy atom. The SMILES string of the molecule is N#Cc1cncc(Cn2cc(N)nn2)c1. The van der Waals surface area contributed by atoms with Gasteiger partial charge in [0, 0.05) is 12.4 Å².